The lowest BCUT2D eigenvalue weighted by Gasteiger charge is -2.22. The van der Waals surface area contributed by atoms with Gasteiger partial charge in [0, 0.05) is 35.8 Å². The summed E-state index contributed by atoms with van der Waals surface area (Å²) in [5.74, 6) is -0.742. The standard InChI is InChI=1S/C22H25ClN4O3/c23-17-8-6-16(7-9-17)22(30)25-11-10-20(28)26-18-4-1-3-15(13-18)14-27-12-2-5-19(27)21(24)29/h1,3-4,6-9,13,19H,2,5,10-12,14H2,(H2,24,29)(H,25,30)(H,26,28). The van der Waals surface area contributed by atoms with E-state index in [4.69, 9.17) is 17.3 Å². The van der Waals surface area contributed by atoms with E-state index in [2.05, 4.69) is 15.5 Å². The summed E-state index contributed by atoms with van der Waals surface area (Å²) >= 11 is 5.81. The molecule has 0 saturated carbocycles. The number of rotatable bonds is 8. The molecule has 1 fully saturated rings. The number of benzene rings is 2. The molecule has 1 aliphatic heterocycles. The lowest BCUT2D eigenvalue weighted by molar-refractivity contribution is -0.122. The Labute approximate surface area is 180 Å². The van der Waals surface area contributed by atoms with Crippen molar-refractivity contribution >= 4 is 35.0 Å². The van der Waals surface area contributed by atoms with Crippen molar-refractivity contribution in [2.45, 2.75) is 31.8 Å². The van der Waals surface area contributed by atoms with Gasteiger partial charge in [0.15, 0.2) is 0 Å². The molecule has 3 amide bonds. The monoisotopic (exact) mass is 428 g/mol. The third-order valence-electron chi connectivity index (χ3n) is 5.03. The van der Waals surface area contributed by atoms with Gasteiger partial charge in [0.2, 0.25) is 11.8 Å². The fourth-order valence-electron chi connectivity index (χ4n) is 3.54. The van der Waals surface area contributed by atoms with Crippen molar-refractivity contribution in [1.82, 2.24) is 10.2 Å². The Morgan fingerprint density at radius 3 is 2.63 bits per heavy atom. The minimum absolute atomic E-state index is 0.152. The minimum atomic E-state index is -0.294. The molecule has 1 atom stereocenters. The van der Waals surface area contributed by atoms with Crippen LogP contribution in [0.3, 0.4) is 0 Å². The number of nitrogens with zero attached hydrogens (tertiary/aromatic N) is 1. The molecule has 1 aliphatic rings. The molecule has 1 saturated heterocycles. The van der Waals surface area contributed by atoms with E-state index in [9.17, 15) is 14.4 Å². The second kappa shape index (κ2) is 10.2. The first kappa shape index (κ1) is 21.8. The molecular weight excluding hydrogens is 404 g/mol. The van der Waals surface area contributed by atoms with Crippen LogP contribution in [0.15, 0.2) is 48.5 Å². The van der Waals surface area contributed by atoms with Crippen molar-refractivity contribution in [2.24, 2.45) is 5.73 Å². The van der Waals surface area contributed by atoms with Crippen LogP contribution in [0.25, 0.3) is 0 Å². The van der Waals surface area contributed by atoms with Crippen molar-refractivity contribution < 1.29 is 14.4 Å². The third-order valence-corrected chi connectivity index (χ3v) is 5.28. The van der Waals surface area contributed by atoms with Gasteiger partial charge in [0.05, 0.1) is 6.04 Å². The summed E-state index contributed by atoms with van der Waals surface area (Å²) in [6.45, 7) is 1.66. The largest absolute Gasteiger partial charge is 0.368 e. The highest BCUT2D eigenvalue weighted by atomic mass is 35.5. The van der Waals surface area contributed by atoms with Crippen LogP contribution < -0.4 is 16.4 Å². The van der Waals surface area contributed by atoms with Gasteiger partial charge in [-0.2, -0.15) is 0 Å². The summed E-state index contributed by atoms with van der Waals surface area (Å²) in [4.78, 5) is 37.9. The minimum Gasteiger partial charge on any atom is -0.368 e. The van der Waals surface area contributed by atoms with Crippen LogP contribution in [-0.4, -0.2) is 41.8 Å². The van der Waals surface area contributed by atoms with Gasteiger partial charge in [0.1, 0.15) is 0 Å². The first-order valence-corrected chi connectivity index (χ1v) is 10.3. The molecule has 1 heterocycles. The Balaban J connectivity index is 1.47. The zero-order valence-electron chi connectivity index (χ0n) is 16.6. The fraction of sp³-hybridized carbons (Fsp3) is 0.318. The Kier molecular flexibility index (Phi) is 7.43. The smallest absolute Gasteiger partial charge is 0.251 e. The Hall–Kier alpha value is -2.90. The SMILES string of the molecule is NC(=O)C1CCCN1Cc1cccc(NC(=O)CCNC(=O)c2ccc(Cl)cc2)c1. The number of carbonyl (C=O) groups excluding carboxylic acids is 3. The molecule has 4 N–H and O–H groups in total. The predicted octanol–water partition coefficient (Wildman–Crippen LogP) is 2.55. The summed E-state index contributed by atoms with van der Waals surface area (Å²) in [7, 11) is 0. The molecule has 30 heavy (non-hydrogen) atoms. The van der Waals surface area contributed by atoms with Crippen molar-refractivity contribution in [3.05, 3.63) is 64.7 Å². The van der Waals surface area contributed by atoms with Crippen LogP contribution in [0.1, 0.15) is 35.2 Å². The fourth-order valence-corrected chi connectivity index (χ4v) is 3.66. The topological polar surface area (TPSA) is 105 Å². The normalized spacial score (nSPS) is 16.2. The van der Waals surface area contributed by atoms with E-state index in [0.717, 1.165) is 24.9 Å². The number of carbonyl (C=O) groups is 3. The molecule has 2 aromatic rings. The number of primary amides is 1. The first-order valence-electron chi connectivity index (χ1n) is 9.88. The predicted molar refractivity (Wildman–Crippen MR) is 116 cm³/mol. The maximum Gasteiger partial charge on any atom is 0.251 e. The van der Waals surface area contributed by atoms with Crippen LogP contribution in [-0.2, 0) is 16.1 Å². The highest BCUT2D eigenvalue weighted by Crippen LogP contribution is 2.21. The number of halogens is 1. The Bertz CT molecular complexity index is 917. The molecule has 7 nitrogen and oxygen atoms in total. The van der Waals surface area contributed by atoms with Gasteiger partial charge < -0.3 is 16.4 Å². The van der Waals surface area contributed by atoms with Gasteiger partial charge in [-0.25, -0.2) is 0 Å². The molecule has 0 aliphatic carbocycles. The van der Waals surface area contributed by atoms with Gasteiger partial charge in [-0.3, -0.25) is 19.3 Å². The van der Waals surface area contributed by atoms with Crippen LogP contribution >= 0.6 is 11.6 Å². The number of hydrogen-bond donors (Lipinski definition) is 3. The number of nitrogens with two attached hydrogens (primary N) is 1. The van der Waals surface area contributed by atoms with Crippen LogP contribution in [0.4, 0.5) is 5.69 Å². The van der Waals surface area contributed by atoms with E-state index in [1.807, 2.05) is 24.3 Å². The number of hydrogen-bond acceptors (Lipinski definition) is 4. The zero-order valence-corrected chi connectivity index (χ0v) is 17.3. The Morgan fingerprint density at radius 1 is 1.13 bits per heavy atom. The maximum absolute atomic E-state index is 12.2. The van der Waals surface area contributed by atoms with Gasteiger partial charge >= 0.3 is 0 Å². The number of anilines is 1. The van der Waals surface area contributed by atoms with E-state index in [-0.39, 0.29) is 36.7 Å². The molecule has 0 radical (unpaired) electrons. The molecule has 1 unspecified atom stereocenters. The van der Waals surface area contributed by atoms with Gasteiger partial charge in [-0.05, 0) is 61.3 Å². The van der Waals surface area contributed by atoms with E-state index in [1.54, 1.807) is 24.3 Å². The van der Waals surface area contributed by atoms with E-state index < -0.39 is 0 Å². The van der Waals surface area contributed by atoms with Crippen LogP contribution in [0.5, 0.6) is 0 Å². The number of amides is 3. The molecular formula is C22H25ClN4O3. The van der Waals surface area contributed by atoms with Crippen molar-refractivity contribution in [2.75, 3.05) is 18.4 Å². The lowest BCUT2D eigenvalue weighted by Crippen LogP contribution is -2.39. The second-order valence-electron chi connectivity index (χ2n) is 7.29. The number of likely N-dealkylation sites (tertiary alicyclic amines) is 1. The molecule has 3 rings (SSSR count). The van der Waals surface area contributed by atoms with E-state index >= 15 is 0 Å². The van der Waals surface area contributed by atoms with Gasteiger partial charge in [0.25, 0.3) is 5.91 Å². The molecule has 0 bridgehead atoms. The van der Waals surface area contributed by atoms with E-state index in [1.165, 1.54) is 0 Å². The van der Waals surface area contributed by atoms with Crippen molar-refractivity contribution in [3.63, 3.8) is 0 Å². The first-order chi connectivity index (χ1) is 14.4. The average Bonchev–Trinajstić information content (AvgIpc) is 3.17. The summed E-state index contributed by atoms with van der Waals surface area (Å²) in [6.07, 6.45) is 1.89. The zero-order chi connectivity index (χ0) is 21.5. The molecule has 158 valence electrons. The van der Waals surface area contributed by atoms with Crippen LogP contribution in [0.2, 0.25) is 5.02 Å². The maximum atomic E-state index is 12.2. The van der Waals surface area contributed by atoms with E-state index in [0.29, 0.717) is 22.8 Å². The summed E-state index contributed by atoms with van der Waals surface area (Å²) in [6, 6.07) is 13.8. The summed E-state index contributed by atoms with van der Waals surface area (Å²) in [5.41, 5.74) is 7.64. The average molecular weight is 429 g/mol. The quantitative estimate of drug-likeness (QED) is 0.600. The highest BCUT2D eigenvalue weighted by molar-refractivity contribution is 6.30. The van der Waals surface area contributed by atoms with Crippen molar-refractivity contribution in [1.29, 1.82) is 0 Å². The number of nitrogens with one attached hydrogen (secondary N) is 2. The van der Waals surface area contributed by atoms with Gasteiger partial charge in [-0.15, -0.1) is 0 Å². The third kappa shape index (κ3) is 6.05. The van der Waals surface area contributed by atoms with Crippen LogP contribution in [0, 0.1) is 0 Å². The molecule has 0 aromatic heterocycles. The second-order valence-corrected chi connectivity index (χ2v) is 7.73. The molecule has 2 aromatic carbocycles. The Morgan fingerprint density at radius 2 is 1.90 bits per heavy atom. The lowest BCUT2D eigenvalue weighted by atomic mass is 10.1. The summed E-state index contributed by atoms with van der Waals surface area (Å²) in [5, 5.41) is 6.12. The van der Waals surface area contributed by atoms with Gasteiger partial charge in [-0.1, -0.05) is 23.7 Å². The molecule has 8 heteroatoms. The van der Waals surface area contributed by atoms with Crippen molar-refractivity contribution in [3.8, 4) is 0 Å². The molecule has 0 spiro atoms. The summed E-state index contributed by atoms with van der Waals surface area (Å²) < 4.78 is 0. The highest BCUT2D eigenvalue weighted by Gasteiger charge is 2.28.